The van der Waals surface area contributed by atoms with Gasteiger partial charge >= 0.3 is 0 Å². The van der Waals surface area contributed by atoms with Crippen LogP contribution in [0.2, 0.25) is 5.02 Å². The highest BCUT2D eigenvalue weighted by Crippen LogP contribution is 2.21. The largest absolute Gasteiger partial charge is 0.484 e. The van der Waals surface area contributed by atoms with Crippen LogP contribution in [0.4, 0.5) is 5.69 Å². The second-order valence-corrected chi connectivity index (χ2v) is 7.12. The van der Waals surface area contributed by atoms with E-state index in [0.29, 0.717) is 10.8 Å². The van der Waals surface area contributed by atoms with E-state index in [1.165, 1.54) is 0 Å². The fraction of sp³-hybridized carbons (Fsp3) is 0.182. The van der Waals surface area contributed by atoms with Crippen LogP contribution in [0.3, 0.4) is 0 Å². The van der Waals surface area contributed by atoms with Crippen LogP contribution in [-0.4, -0.2) is 37.4 Å². The molecule has 6 nitrogen and oxygen atoms in total. The number of nitrogens with one attached hydrogen (secondary N) is 1. The van der Waals surface area contributed by atoms with Crippen molar-refractivity contribution >= 4 is 29.4 Å². The first-order chi connectivity index (χ1) is 13.9. The summed E-state index contributed by atoms with van der Waals surface area (Å²) in [6.45, 7) is 1.83. The Bertz CT molecular complexity index is 1030. The number of aryl methyl sites for hydroxylation is 1. The van der Waals surface area contributed by atoms with Crippen LogP contribution in [0.15, 0.2) is 65.9 Å². The van der Waals surface area contributed by atoms with E-state index in [4.69, 9.17) is 16.3 Å². The monoisotopic (exact) mass is 410 g/mol. The smallest absolute Gasteiger partial charge is 0.277 e. The molecule has 7 heteroatoms. The summed E-state index contributed by atoms with van der Waals surface area (Å²) in [4.78, 5) is 14.0. The highest BCUT2D eigenvalue weighted by molar-refractivity contribution is 6.31. The van der Waals surface area contributed by atoms with E-state index in [2.05, 4.69) is 10.5 Å². The Morgan fingerprint density at radius 2 is 2.03 bits per heavy atom. The molecule has 1 amide bonds. The van der Waals surface area contributed by atoms with Gasteiger partial charge in [0.25, 0.3) is 5.91 Å². The molecular formula is C22H23ClN4O2. The van der Waals surface area contributed by atoms with Crippen molar-refractivity contribution in [3.63, 3.8) is 0 Å². The zero-order valence-corrected chi connectivity index (χ0v) is 17.3. The fourth-order valence-electron chi connectivity index (χ4n) is 2.67. The number of aromatic nitrogens is 1. The molecule has 3 rings (SSSR count). The topological polar surface area (TPSA) is 58.9 Å². The van der Waals surface area contributed by atoms with Gasteiger partial charge < -0.3 is 14.2 Å². The maximum Gasteiger partial charge on any atom is 0.277 e. The maximum atomic E-state index is 12.0. The Kier molecular flexibility index (Phi) is 6.57. The van der Waals surface area contributed by atoms with E-state index < -0.39 is 0 Å². The number of rotatable bonds is 7. The van der Waals surface area contributed by atoms with E-state index in [1.807, 2.05) is 91.3 Å². The minimum Gasteiger partial charge on any atom is -0.484 e. The van der Waals surface area contributed by atoms with Gasteiger partial charge in [-0.1, -0.05) is 23.7 Å². The molecule has 0 spiro atoms. The van der Waals surface area contributed by atoms with Gasteiger partial charge in [-0.25, -0.2) is 5.43 Å². The zero-order chi connectivity index (χ0) is 20.8. The number of hydrogen-bond donors (Lipinski definition) is 1. The minimum atomic E-state index is -0.340. The summed E-state index contributed by atoms with van der Waals surface area (Å²) in [5.41, 5.74) is 6.23. The molecule has 0 fully saturated rings. The first-order valence-corrected chi connectivity index (χ1v) is 9.48. The first kappa shape index (κ1) is 20.5. The number of carbonyl (C=O) groups excluding carboxylic acids is 1. The van der Waals surface area contributed by atoms with Crippen LogP contribution in [0, 0.1) is 6.92 Å². The summed E-state index contributed by atoms with van der Waals surface area (Å²) >= 11 is 6.22. The van der Waals surface area contributed by atoms with E-state index >= 15 is 0 Å². The minimum absolute atomic E-state index is 0.122. The molecule has 0 saturated carbocycles. The summed E-state index contributed by atoms with van der Waals surface area (Å²) in [6.07, 6.45) is 3.49. The summed E-state index contributed by atoms with van der Waals surface area (Å²) in [6, 6.07) is 17.2. The molecule has 3 aromatic rings. The average Bonchev–Trinajstić information content (AvgIpc) is 3.17. The van der Waals surface area contributed by atoms with Gasteiger partial charge in [-0.3, -0.25) is 4.79 Å². The van der Waals surface area contributed by atoms with Crippen molar-refractivity contribution in [2.24, 2.45) is 5.10 Å². The van der Waals surface area contributed by atoms with Crippen LogP contribution < -0.4 is 15.1 Å². The molecule has 1 N–H and O–H groups in total. The quantitative estimate of drug-likeness (QED) is 0.472. The van der Waals surface area contributed by atoms with E-state index in [0.717, 1.165) is 22.6 Å². The predicted octanol–water partition coefficient (Wildman–Crippen LogP) is 4.03. The van der Waals surface area contributed by atoms with Gasteiger partial charge in [0.15, 0.2) is 6.61 Å². The molecule has 0 atom stereocenters. The van der Waals surface area contributed by atoms with Crippen LogP contribution in [0.25, 0.3) is 5.69 Å². The zero-order valence-electron chi connectivity index (χ0n) is 16.6. The van der Waals surface area contributed by atoms with Crippen molar-refractivity contribution in [2.75, 3.05) is 25.6 Å². The Morgan fingerprint density at radius 3 is 2.79 bits per heavy atom. The maximum absolute atomic E-state index is 12.0. The van der Waals surface area contributed by atoms with E-state index in [9.17, 15) is 4.79 Å². The van der Waals surface area contributed by atoms with Crippen LogP contribution >= 0.6 is 11.6 Å². The van der Waals surface area contributed by atoms with Crippen molar-refractivity contribution in [1.29, 1.82) is 0 Å². The van der Waals surface area contributed by atoms with Crippen LogP contribution in [-0.2, 0) is 4.79 Å². The standard InChI is InChI=1S/C22H23ClN4O2/c1-16-9-10-18(13-21(16)23)27-11-5-7-19(27)14-24-25-22(28)15-29-20-8-4-6-17(12-20)26(2)3/h4-14H,15H2,1-3H3,(H,25,28)/b24-14+. The van der Waals surface area contributed by atoms with Crippen LogP contribution in [0.5, 0.6) is 5.75 Å². The Hall–Kier alpha value is -3.25. The Balaban J connectivity index is 1.58. The van der Waals surface area contributed by atoms with Crippen molar-refractivity contribution < 1.29 is 9.53 Å². The van der Waals surface area contributed by atoms with Gasteiger partial charge in [0.05, 0.1) is 11.9 Å². The molecule has 0 aliphatic rings. The average molecular weight is 411 g/mol. The van der Waals surface area contributed by atoms with Gasteiger partial charge in [-0.15, -0.1) is 0 Å². The van der Waals surface area contributed by atoms with Gasteiger partial charge in [-0.2, -0.15) is 5.10 Å². The number of amides is 1. The lowest BCUT2D eigenvalue weighted by Gasteiger charge is -2.13. The lowest BCUT2D eigenvalue weighted by atomic mass is 10.2. The highest BCUT2D eigenvalue weighted by atomic mass is 35.5. The molecule has 0 aliphatic heterocycles. The van der Waals surface area contributed by atoms with Gasteiger partial charge in [0, 0.05) is 42.8 Å². The molecule has 150 valence electrons. The van der Waals surface area contributed by atoms with Crippen molar-refractivity contribution in [2.45, 2.75) is 6.92 Å². The molecule has 1 aromatic heterocycles. The molecule has 29 heavy (non-hydrogen) atoms. The van der Waals surface area contributed by atoms with Gasteiger partial charge in [0.1, 0.15) is 5.75 Å². The van der Waals surface area contributed by atoms with Gasteiger partial charge in [-0.05, 0) is 48.9 Å². The molecule has 2 aromatic carbocycles. The van der Waals surface area contributed by atoms with Crippen LogP contribution in [0.1, 0.15) is 11.3 Å². The summed E-state index contributed by atoms with van der Waals surface area (Å²) in [5.74, 6) is 0.286. The SMILES string of the molecule is Cc1ccc(-n2cccc2/C=N/NC(=O)COc2cccc(N(C)C)c2)cc1Cl. The summed E-state index contributed by atoms with van der Waals surface area (Å²) in [5, 5.41) is 4.73. The number of halogens is 1. The highest BCUT2D eigenvalue weighted by Gasteiger charge is 2.05. The molecular weight excluding hydrogens is 388 g/mol. The number of hydrazone groups is 1. The molecule has 0 saturated heterocycles. The third-order valence-corrected chi connectivity index (χ3v) is 4.71. The number of ether oxygens (including phenoxy) is 1. The third kappa shape index (κ3) is 5.39. The number of hydrogen-bond acceptors (Lipinski definition) is 4. The normalized spacial score (nSPS) is 10.9. The predicted molar refractivity (Wildman–Crippen MR) is 118 cm³/mol. The number of carbonyl (C=O) groups is 1. The van der Waals surface area contributed by atoms with Gasteiger partial charge in [0.2, 0.25) is 0 Å². The fourth-order valence-corrected chi connectivity index (χ4v) is 2.84. The Labute approximate surface area is 175 Å². The number of nitrogens with zero attached hydrogens (tertiary/aromatic N) is 3. The molecule has 1 heterocycles. The lowest BCUT2D eigenvalue weighted by molar-refractivity contribution is -0.123. The molecule has 0 aliphatic carbocycles. The Morgan fingerprint density at radius 1 is 1.21 bits per heavy atom. The first-order valence-electron chi connectivity index (χ1n) is 9.10. The molecule has 0 radical (unpaired) electrons. The van der Waals surface area contributed by atoms with Crippen molar-refractivity contribution in [1.82, 2.24) is 9.99 Å². The molecule has 0 unspecified atom stereocenters. The number of anilines is 1. The lowest BCUT2D eigenvalue weighted by Crippen LogP contribution is -2.24. The molecule has 0 bridgehead atoms. The van der Waals surface area contributed by atoms with Crippen molar-refractivity contribution in [3.05, 3.63) is 77.1 Å². The summed E-state index contributed by atoms with van der Waals surface area (Å²) in [7, 11) is 3.89. The second-order valence-electron chi connectivity index (χ2n) is 6.71. The third-order valence-electron chi connectivity index (χ3n) is 4.30. The second kappa shape index (κ2) is 9.30. The summed E-state index contributed by atoms with van der Waals surface area (Å²) < 4.78 is 7.47. The van der Waals surface area contributed by atoms with E-state index in [1.54, 1.807) is 6.21 Å². The van der Waals surface area contributed by atoms with Crippen molar-refractivity contribution in [3.8, 4) is 11.4 Å². The number of benzene rings is 2. The van der Waals surface area contributed by atoms with E-state index in [-0.39, 0.29) is 12.5 Å².